The molecule has 28 heavy (non-hydrogen) atoms. The number of nitrogens with one attached hydrogen (secondary N) is 2. The summed E-state index contributed by atoms with van der Waals surface area (Å²) in [6.07, 6.45) is 2.13. The van der Waals surface area contributed by atoms with Gasteiger partial charge in [0.05, 0.1) is 16.3 Å². The van der Waals surface area contributed by atoms with Gasteiger partial charge in [-0.15, -0.1) is 0 Å². The van der Waals surface area contributed by atoms with Gasteiger partial charge in [-0.3, -0.25) is 19.7 Å². The molecule has 2 aromatic rings. The normalized spacial score (nSPS) is 10.2. The second kappa shape index (κ2) is 10.1. The Morgan fingerprint density at radius 2 is 1.71 bits per heavy atom. The summed E-state index contributed by atoms with van der Waals surface area (Å²) in [5.41, 5.74) is 1.88. The van der Waals surface area contributed by atoms with Gasteiger partial charge in [-0.05, 0) is 43.2 Å². The molecule has 0 atom stereocenters. The lowest BCUT2D eigenvalue weighted by Gasteiger charge is -2.14. The second-order valence-corrected chi connectivity index (χ2v) is 6.29. The number of non-ortho nitro benzene ring substituents is 1. The molecule has 8 nitrogen and oxygen atoms in total. The molecule has 0 bridgehead atoms. The Labute approximate surface area is 163 Å². The number of carbonyl (C=O) groups excluding carboxylic acids is 2. The number of amides is 2. The first-order valence-corrected chi connectivity index (χ1v) is 8.96. The predicted octanol–water partition coefficient (Wildman–Crippen LogP) is 4.05. The van der Waals surface area contributed by atoms with E-state index >= 15 is 0 Å². The Bertz CT molecular complexity index is 849. The standard InChI is InChI=1S/C20H23N3O5/c1-3-4-5-19(24)21-17-11-6-14(2)12-18(17)22-20(25)13-28-16-9-7-15(8-10-16)23(26)27/h6-12H,3-5,13H2,1-2H3,(H,21,24)(H,22,25). The molecule has 0 aromatic heterocycles. The monoisotopic (exact) mass is 385 g/mol. The number of hydrogen-bond acceptors (Lipinski definition) is 5. The van der Waals surface area contributed by atoms with Crippen LogP contribution in [0.4, 0.5) is 17.1 Å². The fourth-order valence-corrected chi connectivity index (χ4v) is 2.42. The van der Waals surface area contributed by atoms with E-state index in [1.807, 2.05) is 19.9 Å². The molecule has 0 radical (unpaired) electrons. The second-order valence-electron chi connectivity index (χ2n) is 6.29. The first-order valence-electron chi connectivity index (χ1n) is 8.96. The molecule has 0 saturated carbocycles. The zero-order valence-electron chi connectivity index (χ0n) is 15.9. The minimum absolute atomic E-state index is 0.0555. The van der Waals surface area contributed by atoms with Gasteiger partial charge in [0, 0.05) is 18.6 Å². The Morgan fingerprint density at radius 3 is 2.36 bits per heavy atom. The van der Waals surface area contributed by atoms with Crippen molar-refractivity contribution in [1.82, 2.24) is 0 Å². The highest BCUT2D eigenvalue weighted by molar-refractivity contribution is 6.00. The molecule has 0 unspecified atom stereocenters. The lowest BCUT2D eigenvalue weighted by Crippen LogP contribution is -2.21. The molecule has 0 aliphatic heterocycles. The van der Waals surface area contributed by atoms with Gasteiger partial charge in [0.15, 0.2) is 6.61 Å². The third kappa shape index (κ3) is 6.39. The molecular weight excluding hydrogens is 362 g/mol. The van der Waals surface area contributed by atoms with Crippen LogP contribution in [-0.2, 0) is 9.59 Å². The van der Waals surface area contributed by atoms with Crippen LogP contribution in [0.3, 0.4) is 0 Å². The molecule has 0 aliphatic carbocycles. The molecule has 0 saturated heterocycles. The van der Waals surface area contributed by atoms with Gasteiger partial charge in [0.2, 0.25) is 5.91 Å². The van der Waals surface area contributed by atoms with Crippen LogP contribution in [0.5, 0.6) is 5.75 Å². The maximum absolute atomic E-state index is 12.2. The van der Waals surface area contributed by atoms with Gasteiger partial charge in [0.25, 0.3) is 11.6 Å². The van der Waals surface area contributed by atoms with Crippen molar-refractivity contribution in [3.05, 3.63) is 58.1 Å². The van der Waals surface area contributed by atoms with Crippen LogP contribution in [0, 0.1) is 17.0 Å². The van der Waals surface area contributed by atoms with Crippen molar-refractivity contribution in [2.75, 3.05) is 17.2 Å². The summed E-state index contributed by atoms with van der Waals surface area (Å²) >= 11 is 0. The van der Waals surface area contributed by atoms with E-state index in [9.17, 15) is 19.7 Å². The highest BCUT2D eigenvalue weighted by Crippen LogP contribution is 2.24. The summed E-state index contributed by atoms with van der Waals surface area (Å²) in [6, 6.07) is 10.8. The number of ether oxygens (including phenoxy) is 1. The van der Waals surface area contributed by atoms with Crippen LogP contribution >= 0.6 is 0 Å². The fourth-order valence-electron chi connectivity index (χ4n) is 2.42. The lowest BCUT2D eigenvalue weighted by molar-refractivity contribution is -0.384. The number of carbonyl (C=O) groups is 2. The van der Waals surface area contributed by atoms with E-state index in [0.29, 0.717) is 23.5 Å². The molecule has 0 aliphatic rings. The van der Waals surface area contributed by atoms with Crippen LogP contribution in [0.25, 0.3) is 0 Å². The van der Waals surface area contributed by atoms with Crippen molar-refractivity contribution in [1.29, 1.82) is 0 Å². The molecule has 0 spiro atoms. The molecule has 0 fully saturated rings. The molecular formula is C20H23N3O5. The number of benzene rings is 2. The highest BCUT2D eigenvalue weighted by atomic mass is 16.6. The van der Waals surface area contributed by atoms with Crippen LogP contribution in [0.15, 0.2) is 42.5 Å². The van der Waals surface area contributed by atoms with Crippen molar-refractivity contribution >= 4 is 28.9 Å². The number of nitrogens with zero attached hydrogens (tertiary/aromatic N) is 1. The van der Waals surface area contributed by atoms with E-state index in [1.165, 1.54) is 24.3 Å². The minimum Gasteiger partial charge on any atom is -0.484 e. The zero-order valence-corrected chi connectivity index (χ0v) is 15.9. The molecule has 2 N–H and O–H groups in total. The average Bonchev–Trinajstić information content (AvgIpc) is 2.67. The van der Waals surface area contributed by atoms with E-state index in [4.69, 9.17) is 4.74 Å². The quantitative estimate of drug-likeness (QED) is 0.500. The molecule has 2 amide bonds. The Balaban J connectivity index is 1.97. The minimum atomic E-state index is -0.509. The van der Waals surface area contributed by atoms with Gasteiger partial charge in [0.1, 0.15) is 5.75 Å². The van der Waals surface area contributed by atoms with E-state index < -0.39 is 10.8 Å². The maximum Gasteiger partial charge on any atom is 0.269 e. The molecule has 148 valence electrons. The molecule has 0 heterocycles. The highest BCUT2D eigenvalue weighted by Gasteiger charge is 2.11. The van der Waals surface area contributed by atoms with Crippen molar-refractivity contribution in [2.24, 2.45) is 0 Å². The van der Waals surface area contributed by atoms with Gasteiger partial charge in [-0.1, -0.05) is 19.4 Å². The third-order valence-electron chi connectivity index (χ3n) is 3.90. The summed E-state index contributed by atoms with van der Waals surface area (Å²) in [5.74, 6) is -0.172. The topological polar surface area (TPSA) is 111 Å². The summed E-state index contributed by atoms with van der Waals surface area (Å²) in [6.45, 7) is 3.62. The van der Waals surface area contributed by atoms with Crippen molar-refractivity contribution in [3.8, 4) is 5.75 Å². The summed E-state index contributed by atoms with van der Waals surface area (Å²) < 4.78 is 5.36. The third-order valence-corrected chi connectivity index (χ3v) is 3.90. The largest absolute Gasteiger partial charge is 0.484 e. The van der Waals surface area contributed by atoms with Crippen LogP contribution in [-0.4, -0.2) is 23.3 Å². The number of nitro benzene ring substituents is 1. The van der Waals surface area contributed by atoms with Gasteiger partial charge in [-0.2, -0.15) is 0 Å². The molecule has 2 rings (SSSR count). The predicted molar refractivity (Wildman–Crippen MR) is 107 cm³/mol. The average molecular weight is 385 g/mol. The van der Waals surface area contributed by atoms with Crippen LogP contribution in [0.1, 0.15) is 31.7 Å². The number of nitro groups is 1. The van der Waals surface area contributed by atoms with Crippen LogP contribution < -0.4 is 15.4 Å². The number of hydrogen-bond donors (Lipinski definition) is 2. The fraction of sp³-hybridized carbons (Fsp3) is 0.300. The van der Waals surface area contributed by atoms with E-state index in [0.717, 1.165) is 18.4 Å². The van der Waals surface area contributed by atoms with Crippen molar-refractivity contribution in [3.63, 3.8) is 0 Å². The summed E-state index contributed by atoms with van der Waals surface area (Å²) in [7, 11) is 0. The number of aryl methyl sites for hydroxylation is 1. The van der Waals surface area contributed by atoms with Gasteiger partial charge in [-0.25, -0.2) is 0 Å². The van der Waals surface area contributed by atoms with Gasteiger partial charge < -0.3 is 15.4 Å². The summed E-state index contributed by atoms with van der Waals surface area (Å²) in [4.78, 5) is 34.3. The van der Waals surface area contributed by atoms with E-state index in [1.54, 1.807) is 12.1 Å². The first-order chi connectivity index (χ1) is 13.4. The zero-order chi connectivity index (χ0) is 20.5. The lowest BCUT2D eigenvalue weighted by atomic mass is 10.1. The summed E-state index contributed by atoms with van der Waals surface area (Å²) in [5, 5.41) is 16.2. The smallest absolute Gasteiger partial charge is 0.269 e. The number of rotatable bonds is 9. The SMILES string of the molecule is CCCCC(=O)Nc1ccc(C)cc1NC(=O)COc1ccc([N+](=O)[O-])cc1. The Morgan fingerprint density at radius 1 is 1.04 bits per heavy atom. The Kier molecular flexibility index (Phi) is 7.50. The van der Waals surface area contributed by atoms with Crippen LogP contribution in [0.2, 0.25) is 0 Å². The van der Waals surface area contributed by atoms with E-state index in [2.05, 4.69) is 10.6 Å². The number of unbranched alkanes of at least 4 members (excludes halogenated alkanes) is 1. The van der Waals surface area contributed by atoms with Gasteiger partial charge >= 0.3 is 0 Å². The number of anilines is 2. The maximum atomic E-state index is 12.2. The molecule has 8 heteroatoms. The first kappa shape index (κ1) is 20.9. The molecule has 2 aromatic carbocycles. The Hall–Kier alpha value is -3.42. The van der Waals surface area contributed by atoms with Crippen molar-refractivity contribution < 1.29 is 19.2 Å². The van der Waals surface area contributed by atoms with E-state index in [-0.39, 0.29) is 18.2 Å². The van der Waals surface area contributed by atoms with Crippen molar-refractivity contribution in [2.45, 2.75) is 33.1 Å².